The highest BCUT2D eigenvalue weighted by Crippen LogP contribution is 2.26. The molecule has 46 heavy (non-hydrogen) atoms. The van der Waals surface area contributed by atoms with Crippen molar-refractivity contribution in [2.45, 2.75) is 66.1 Å². The van der Waals surface area contributed by atoms with Crippen LogP contribution in [0, 0.1) is 13.8 Å². The maximum Gasteiger partial charge on any atom is 0.226 e. The van der Waals surface area contributed by atoms with Crippen molar-refractivity contribution >= 4 is 47.0 Å². The summed E-state index contributed by atoms with van der Waals surface area (Å²) in [5.41, 5.74) is 26.6. The second-order valence-electron chi connectivity index (χ2n) is 10.9. The minimum atomic E-state index is -0.697. The zero-order valence-corrected chi connectivity index (χ0v) is 28.7. The lowest BCUT2D eigenvalue weighted by molar-refractivity contribution is -0.158. The van der Waals surface area contributed by atoms with Gasteiger partial charge in [0.15, 0.2) is 5.66 Å². The van der Waals surface area contributed by atoms with Crippen LogP contribution in [0.4, 0.5) is 0 Å². The number of guanidine groups is 4. The number of benzene rings is 2. The fourth-order valence-corrected chi connectivity index (χ4v) is 4.32. The maximum atomic E-state index is 6.11. The van der Waals surface area contributed by atoms with Crippen LogP contribution in [0.25, 0.3) is 0 Å². The third-order valence-corrected chi connectivity index (χ3v) is 6.30. The summed E-state index contributed by atoms with van der Waals surface area (Å²) in [7, 11) is 0. The van der Waals surface area contributed by atoms with Crippen LogP contribution in [0.1, 0.15) is 51.7 Å². The Morgan fingerprint density at radius 3 is 1.96 bits per heavy atom. The number of aryl methyl sites for hydroxylation is 2. The van der Waals surface area contributed by atoms with Crippen LogP contribution in [-0.2, 0) is 9.68 Å². The largest absolute Gasteiger partial charge is 0.492 e. The molecule has 9 N–H and O–H groups in total. The zero-order chi connectivity index (χ0) is 34.3. The molecule has 0 bridgehead atoms. The van der Waals surface area contributed by atoms with Crippen LogP contribution in [0.5, 0.6) is 11.5 Å². The highest BCUT2D eigenvalue weighted by molar-refractivity contribution is 6.32. The summed E-state index contributed by atoms with van der Waals surface area (Å²) in [5.74, 6) is 1.80. The molecule has 2 aromatic carbocycles. The van der Waals surface area contributed by atoms with E-state index in [2.05, 4.69) is 25.4 Å². The minimum Gasteiger partial charge on any atom is -0.492 e. The number of hydrogen-bond acceptors (Lipinski definition) is 10. The zero-order valence-electron chi connectivity index (χ0n) is 27.2. The summed E-state index contributed by atoms with van der Waals surface area (Å²) in [4.78, 5) is 26.8. The van der Waals surface area contributed by atoms with Gasteiger partial charge in [0.2, 0.25) is 23.8 Å². The molecule has 1 heterocycles. The van der Waals surface area contributed by atoms with Crippen molar-refractivity contribution in [2.75, 3.05) is 26.4 Å². The van der Waals surface area contributed by atoms with E-state index in [0.717, 1.165) is 11.1 Å². The predicted molar refractivity (Wildman–Crippen MR) is 185 cm³/mol. The fourth-order valence-electron chi connectivity index (χ4n) is 3.74. The van der Waals surface area contributed by atoms with Crippen LogP contribution < -0.4 is 37.9 Å². The first-order chi connectivity index (χ1) is 21.7. The van der Waals surface area contributed by atoms with Crippen LogP contribution in [0.2, 0.25) is 10.0 Å². The van der Waals surface area contributed by atoms with Crippen LogP contribution in [0.3, 0.4) is 0 Å². The molecule has 14 nitrogen and oxygen atoms in total. The van der Waals surface area contributed by atoms with Crippen LogP contribution in [-0.4, -0.2) is 67.0 Å². The first-order valence-corrected chi connectivity index (χ1v) is 15.4. The summed E-state index contributed by atoms with van der Waals surface area (Å²) in [5, 5.41) is 2.65. The summed E-state index contributed by atoms with van der Waals surface area (Å²) >= 11 is 12.2. The highest BCUT2D eigenvalue weighted by atomic mass is 35.5. The van der Waals surface area contributed by atoms with E-state index in [4.69, 9.17) is 65.3 Å². The molecule has 0 fully saturated rings. The number of hydrogen-bond donors (Lipinski definition) is 5. The van der Waals surface area contributed by atoms with Crippen molar-refractivity contribution < 1.29 is 19.1 Å². The van der Waals surface area contributed by atoms with Gasteiger partial charge in [0.25, 0.3) is 0 Å². The van der Waals surface area contributed by atoms with Crippen molar-refractivity contribution in [3.63, 3.8) is 0 Å². The van der Waals surface area contributed by atoms with Crippen molar-refractivity contribution in [1.82, 2.24) is 10.5 Å². The fraction of sp³-hybridized carbons (Fsp3) is 0.467. The Labute approximate surface area is 280 Å². The first-order valence-electron chi connectivity index (χ1n) is 14.6. The first kappa shape index (κ1) is 38.2. The van der Waals surface area contributed by atoms with Gasteiger partial charge in [-0.1, -0.05) is 35.3 Å². The van der Waals surface area contributed by atoms with Gasteiger partial charge in [-0.2, -0.15) is 15.0 Å². The van der Waals surface area contributed by atoms with Gasteiger partial charge in [-0.05, 0) is 76.9 Å². The Balaban J connectivity index is 0.000000320. The Morgan fingerprint density at radius 2 is 1.46 bits per heavy atom. The molecule has 254 valence electrons. The lowest BCUT2D eigenvalue weighted by atomic mass is 10.2. The maximum absolute atomic E-state index is 6.11. The number of rotatable bonds is 13. The molecular weight excluding hydrogens is 635 g/mol. The van der Waals surface area contributed by atoms with Gasteiger partial charge in [0.05, 0.1) is 36.5 Å². The summed E-state index contributed by atoms with van der Waals surface area (Å²) in [6.45, 7) is 13.1. The molecule has 0 saturated carbocycles. The summed E-state index contributed by atoms with van der Waals surface area (Å²) < 4.78 is 11.2. The van der Waals surface area contributed by atoms with Crippen molar-refractivity contribution in [2.24, 2.45) is 42.9 Å². The Hall–Kier alpha value is -3.98. The van der Waals surface area contributed by atoms with Crippen LogP contribution >= 0.6 is 23.2 Å². The van der Waals surface area contributed by atoms with Gasteiger partial charge < -0.3 is 32.4 Å². The monoisotopic (exact) mass is 680 g/mol. The normalized spacial score (nSPS) is 14.7. The van der Waals surface area contributed by atoms with Gasteiger partial charge >= 0.3 is 0 Å². The van der Waals surface area contributed by atoms with Crippen molar-refractivity contribution in [3.05, 3.63) is 57.6 Å². The minimum absolute atomic E-state index is 0.0504. The number of hydroxylamine groups is 3. The molecule has 0 aromatic heterocycles. The SMILES string of the molecule is Cc1ccc(OCCCON2C(N)=NC(N)=NC2(C)C)c(Cl)c1.Cc1ccc(OCCCONC(N)=NC(N)=NC(C)C)c(Cl)c1. The predicted octanol–water partition coefficient (Wildman–Crippen LogP) is 4.01. The average molecular weight is 682 g/mol. The number of ether oxygens (including phenoxy) is 2. The summed E-state index contributed by atoms with van der Waals surface area (Å²) in [6.07, 6.45) is 1.31. The van der Waals surface area contributed by atoms with Crippen LogP contribution in [0.15, 0.2) is 56.4 Å². The van der Waals surface area contributed by atoms with E-state index in [0.29, 0.717) is 60.8 Å². The summed E-state index contributed by atoms with van der Waals surface area (Å²) in [6, 6.07) is 11.4. The van der Waals surface area contributed by atoms with E-state index < -0.39 is 5.66 Å². The van der Waals surface area contributed by atoms with E-state index in [-0.39, 0.29) is 29.9 Å². The Kier molecular flexibility index (Phi) is 15.7. The Bertz CT molecular complexity index is 1400. The standard InChI is InChI=1S/C15H22ClN5O2.C15H24ClN5O2/c1-10-5-6-12(11(16)9-10)22-7-4-8-23-21-14(18)19-13(17)20-15(21,2)3;1-10(2)19-14(17)20-15(18)21-23-8-4-7-22-13-6-5-11(3)9-12(13)16/h5-6,9H,4,7-8H2,1-3H3,(H4,17,18,19,20);5-6,9-10H,4,7-8H2,1-3H3,(H5,17,18,19,20,21). The van der Waals surface area contributed by atoms with Gasteiger partial charge in [0.1, 0.15) is 11.5 Å². The molecule has 0 unspecified atom stereocenters. The molecule has 0 amide bonds. The van der Waals surface area contributed by atoms with E-state index in [9.17, 15) is 0 Å². The van der Waals surface area contributed by atoms with E-state index in [1.807, 2.05) is 77.9 Å². The Morgan fingerprint density at radius 1 is 0.913 bits per heavy atom. The lowest BCUT2D eigenvalue weighted by Crippen LogP contribution is -2.53. The molecule has 2 aromatic rings. The molecule has 0 atom stereocenters. The van der Waals surface area contributed by atoms with Crippen molar-refractivity contribution in [1.29, 1.82) is 0 Å². The van der Waals surface area contributed by atoms with E-state index in [1.54, 1.807) is 0 Å². The average Bonchev–Trinajstić information content (AvgIpc) is 2.93. The molecule has 3 rings (SSSR count). The molecular formula is C30H46Cl2N10O4. The van der Waals surface area contributed by atoms with Gasteiger partial charge in [-0.3, -0.25) is 9.68 Å². The molecule has 0 aliphatic carbocycles. The second kappa shape index (κ2) is 18.9. The number of nitrogens with zero attached hydrogens (tertiary/aromatic N) is 5. The topological polar surface area (TPSA) is 206 Å². The number of nitrogens with one attached hydrogen (secondary N) is 1. The number of nitrogens with two attached hydrogens (primary N) is 4. The number of aliphatic imine (C=N–C) groups is 4. The van der Waals surface area contributed by atoms with Gasteiger partial charge in [-0.15, -0.1) is 0 Å². The quantitative estimate of drug-likeness (QED) is 0.0889. The molecule has 1 aliphatic rings. The molecule has 0 spiro atoms. The molecule has 0 saturated heterocycles. The smallest absolute Gasteiger partial charge is 0.226 e. The van der Waals surface area contributed by atoms with Crippen molar-refractivity contribution in [3.8, 4) is 11.5 Å². The molecule has 16 heteroatoms. The lowest BCUT2D eigenvalue weighted by Gasteiger charge is -2.36. The highest BCUT2D eigenvalue weighted by Gasteiger charge is 2.32. The second-order valence-corrected chi connectivity index (χ2v) is 11.7. The molecule has 0 radical (unpaired) electrons. The molecule has 1 aliphatic heterocycles. The van der Waals surface area contributed by atoms with E-state index in [1.165, 1.54) is 5.06 Å². The van der Waals surface area contributed by atoms with E-state index >= 15 is 0 Å². The van der Waals surface area contributed by atoms with Gasteiger partial charge in [-0.25, -0.2) is 15.5 Å². The van der Waals surface area contributed by atoms with Gasteiger partial charge in [0, 0.05) is 18.9 Å². The third-order valence-electron chi connectivity index (χ3n) is 5.71. The third kappa shape index (κ3) is 14.0. The number of halogens is 2.